The summed E-state index contributed by atoms with van der Waals surface area (Å²) in [6.07, 6.45) is 0.0234. The molecule has 11 amide bonds. The van der Waals surface area contributed by atoms with Gasteiger partial charge < -0.3 is 66.3 Å². The van der Waals surface area contributed by atoms with Crippen LogP contribution in [-0.2, 0) is 68.8 Å². The van der Waals surface area contributed by atoms with Crippen molar-refractivity contribution in [2.24, 2.45) is 41.2 Å². The van der Waals surface area contributed by atoms with Gasteiger partial charge in [0, 0.05) is 78.0 Å². The van der Waals surface area contributed by atoms with E-state index in [2.05, 4.69) is 26.6 Å². The monoisotopic (exact) mass is 1310 g/mol. The molecule has 4 rings (SSSR count). The van der Waals surface area contributed by atoms with Crippen LogP contribution in [0.5, 0.6) is 0 Å². The fourth-order valence-electron chi connectivity index (χ4n) is 12.3. The Kier molecular flexibility index (Phi) is 30.9. The number of likely N-dealkylation sites (N-methyl/N-ethyl adjacent to an activating group) is 2. The number of primary amides is 1. The number of nitrogens with zero attached hydrogens (tertiary/aromatic N) is 4. The number of benzene rings is 2. The van der Waals surface area contributed by atoms with Gasteiger partial charge in [-0.05, 0) is 86.5 Å². The van der Waals surface area contributed by atoms with E-state index < -0.39 is 138 Å². The SMILES string of the molecule is CC[C@H](C)[C@@H]([C@@H](CC(=O)N1CCC[C@H]1[C@@H](OC)[C@@H](C)C(=O)N[C@@H](C)[C@H](O)c1ccccc1)OC)N(C)C(=O)[C@H](CC(=O)[C@H](C(C)C)N(C)C(=O)OCc1ccc(NC(=O)[C@@H](CCCNC(N)=O)NC(=O)[C@H](NC(=O)C(CC(C)=O)N2C(=O)C=CC2=O)C(C)C)cc1)C(C)C. The molecular formula is C68H102N10O16. The normalized spacial score (nSPS) is 17.8. The third kappa shape index (κ3) is 21.7. The molecule has 2 aromatic carbocycles. The van der Waals surface area contributed by atoms with Gasteiger partial charge in [0.05, 0.1) is 54.8 Å². The van der Waals surface area contributed by atoms with Gasteiger partial charge in [0.25, 0.3) is 11.8 Å². The molecule has 520 valence electrons. The van der Waals surface area contributed by atoms with Gasteiger partial charge in [-0.25, -0.2) is 9.59 Å². The van der Waals surface area contributed by atoms with Crippen LogP contribution in [0.3, 0.4) is 0 Å². The lowest BCUT2D eigenvalue weighted by molar-refractivity contribution is -0.149. The van der Waals surface area contributed by atoms with Crippen LogP contribution in [0.15, 0.2) is 66.7 Å². The number of ketones is 2. The Hall–Kier alpha value is -8.10. The van der Waals surface area contributed by atoms with Crippen molar-refractivity contribution in [2.45, 2.75) is 195 Å². The number of nitrogens with two attached hydrogens (primary N) is 1. The van der Waals surface area contributed by atoms with Crippen molar-refractivity contribution >= 4 is 76.6 Å². The predicted octanol–water partition coefficient (Wildman–Crippen LogP) is 4.95. The molecule has 2 aliphatic rings. The number of hydrogen-bond donors (Lipinski definition) is 7. The minimum Gasteiger partial charge on any atom is -0.445 e. The van der Waals surface area contributed by atoms with Crippen molar-refractivity contribution in [3.63, 3.8) is 0 Å². The summed E-state index contributed by atoms with van der Waals surface area (Å²) in [7, 11) is 6.13. The summed E-state index contributed by atoms with van der Waals surface area (Å²) in [5.41, 5.74) is 6.68. The van der Waals surface area contributed by atoms with Crippen molar-refractivity contribution in [2.75, 3.05) is 46.7 Å². The average molecular weight is 1320 g/mol. The summed E-state index contributed by atoms with van der Waals surface area (Å²) in [6.45, 7) is 19.4. The number of urea groups is 1. The molecule has 1 fully saturated rings. The molecule has 0 aromatic heterocycles. The first kappa shape index (κ1) is 78.3. The van der Waals surface area contributed by atoms with Gasteiger partial charge in [0.2, 0.25) is 35.4 Å². The van der Waals surface area contributed by atoms with Gasteiger partial charge in [-0.15, -0.1) is 0 Å². The molecule has 1 unspecified atom stereocenters. The molecule has 94 heavy (non-hydrogen) atoms. The second-order valence-electron chi connectivity index (χ2n) is 25.8. The van der Waals surface area contributed by atoms with E-state index in [1.54, 1.807) is 82.7 Å². The summed E-state index contributed by atoms with van der Waals surface area (Å²) in [6, 6.07) is 7.76. The maximum absolute atomic E-state index is 14.9. The highest BCUT2D eigenvalue weighted by atomic mass is 16.6. The molecule has 2 aromatic rings. The third-order valence-electron chi connectivity index (χ3n) is 17.8. The van der Waals surface area contributed by atoms with Gasteiger partial charge in [-0.3, -0.25) is 52.8 Å². The standard InChI is InChI=1S/C68H102N10O16/c1-16-41(8)59(53(92-14)36-56(83)77-33-21-25-50(77)61(93-15)43(10)62(85)71-44(11)60(84)46-22-18-17-19-23-46)75(12)66(89)48(38(2)3)35-52(80)58(40(6)7)76(13)68(91)94-37-45-26-28-47(29-27-45)72-63(86)49(24-20-32-70-67(69)90)73-65(88)57(39(4)5)74-64(87)51(34-42(9)79)78-54(81)30-31-55(78)82/h17-19,22-23,26-31,38-41,43-44,48-51,53,57-61,84H,16,20-21,24-25,32-37H2,1-15H3,(H,71,85)(H,72,86)(H,73,88)(H,74,87)(H3,69,70,90)/t41-,43+,44-,48+,49+,50-,51?,53+,57+,58-,59-,60-,61-/m0/s1. The smallest absolute Gasteiger partial charge is 0.410 e. The number of aliphatic hydroxyl groups excluding tert-OH is 1. The number of methoxy groups -OCH3 is 2. The summed E-state index contributed by atoms with van der Waals surface area (Å²) >= 11 is 0. The first-order chi connectivity index (χ1) is 44.3. The predicted molar refractivity (Wildman–Crippen MR) is 350 cm³/mol. The van der Waals surface area contributed by atoms with E-state index in [0.29, 0.717) is 41.8 Å². The first-order valence-electron chi connectivity index (χ1n) is 32.5. The molecule has 0 aliphatic carbocycles. The minimum atomic E-state index is -1.54. The Bertz CT molecular complexity index is 2960. The fraction of sp³-hybridized carbons (Fsp3) is 0.618. The Morgan fingerprint density at radius 3 is 1.90 bits per heavy atom. The zero-order valence-electron chi connectivity index (χ0n) is 57.3. The number of Topliss-reactive ketones (excluding diaryl/α,β-unsaturated/α-hetero) is 2. The molecule has 0 spiro atoms. The number of amides is 11. The largest absolute Gasteiger partial charge is 0.445 e. The van der Waals surface area contributed by atoms with Gasteiger partial charge in [0.15, 0.2) is 5.78 Å². The van der Waals surface area contributed by atoms with Crippen LogP contribution in [-0.4, -0.2) is 192 Å². The number of carbonyl (C=O) groups excluding carboxylic acids is 12. The van der Waals surface area contributed by atoms with E-state index in [1.807, 2.05) is 45.9 Å². The zero-order valence-corrected chi connectivity index (χ0v) is 57.3. The van der Waals surface area contributed by atoms with Gasteiger partial charge in [0.1, 0.15) is 30.5 Å². The zero-order chi connectivity index (χ0) is 70.4. The maximum atomic E-state index is 14.9. The molecule has 0 saturated carbocycles. The van der Waals surface area contributed by atoms with Crippen LogP contribution in [0, 0.1) is 35.5 Å². The van der Waals surface area contributed by atoms with Gasteiger partial charge in [-0.1, -0.05) is 111 Å². The van der Waals surface area contributed by atoms with Crippen LogP contribution < -0.4 is 32.3 Å². The second kappa shape index (κ2) is 37.1. The van der Waals surface area contributed by atoms with Crippen molar-refractivity contribution in [1.29, 1.82) is 0 Å². The van der Waals surface area contributed by atoms with E-state index >= 15 is 0 Å². The quantitative estimate of drug-likeness (QED) is 0.0347. The Morgan fingerprint density at radius 1 is 0.734 bits per heavy atom. The van der Waals surface area contributed by atoms with Crippen LogP contribution in [0.4, 0.5) is 15.3 Å². The molecule has 2 aliphatic heterocycles. The van der Waals surface area contributed by atoms with Crippen molar-refractivity contribution in [3.05, 3.63) is 77.9 Å². The lowest BCUT2D eigenvalue weighted by Crippen LogP contribution is -2.58. The highest BCUT2D eigenvalue weighted by Crippen LogP contribution is 2.32. The third-order valence-corrected chi connectivity index (χ3v) is 17.8. The Morgan fingerprint density at radius 2 is 1.36 bits per heavy atom. The second-order valence-corrected chi connectivity index (χ2v) is 25.8. The highest BCUT2D eigenvalue weighted by molar-refractivity contribution is 6.15. The van der Waals surface area contributed by atoms with Crippen molar-refractivity contribution in [1.82, 2.24) is 40.9 Å². The van der Waals surface area contributed by atoms with E-state index in [-0.39, 0.29) is 79.9 Å². The molecule has 0 bridgehead atoms. The Balaban J connectivity index is 1.42. The van der Waals surface area contributed by atoms with Crippen molar-refractivity contribution < 1.29 is 76.9 Å². The van der Waals surface area contributed by atoms with Crippen LogP contribution in [0.2, 0.25) is 0 Å². The molecule has 8 N–H and O–H groups in total. The number of rotatable bonds is 37. The van der Waals surface area contributed by atoms with E-state index in [9.17, 15) is 62.6 Å². The molecule has 26 nitrogen and oxygen atoms in total. The van der Waals surface area contributed by atoms with E-state index in [4.69, 9.17) is 19.9 Å². The highest BCUT2D eigenvalue weighted by Gasteiger charge is 2.45. The van der Waals surface area contributed by atoms with E-state index in [0.717, 1.165) is 12.2 Å². The Labute approximate surface area is 552 Å². The molecule has 1 saturated heterocycles. The van der Waals surface area contributed by atoms with Crippen LogP contribution in [0.1, 0.15) is 145 Å². The minimum absolute atomic E-state index is 0.0108. The lowest BCUT2D eigenvalue weighted by Gasteiger charge is -2.41. The summed E-state index contributed by atoms with van der Waals surface area (Å²) in [5.74, 6) is -8.75. The van der Waals surface area contributed by atoms with Gasteiger partial charge in [-0.2, -0.15) is 0 Å². The summed E-state index contributed by atoms with van der Waals surface area (Å²) < 4.78 is 17.8. The van der Waals surface area contributed by atoms with Crippen molar-refractivity contribution in [3.8, 4) is 0 Å². The van der Waals surface area contributed by atoms with Gasteiger partial charge >= 0.3 is 12.1 Å². The number of imide groups is 1. The molecule has 0 radical (unpaired) electrons. The maximum Gasteiger partial charge on any atom is 0.410 e. The molecule has 2 heterocycles. The molecular weight excluding hydrogens is 1210 g/mol. The first-order valence-corrected chi connectivity index (χ1v) is 32.5. The van der Waals surface area contributed by atoms with E-state index in [1.165, 1.54) is 45.2 Å². The topological polar surface area (TPSA) is 352 Å². The molecule has 13 atom stereocenters. The lowest BCUT2D eigenvalue weighted by atomic mass is 9.83. The number of carbonyl (C=O) groups is 12. The number of anilines is 1. The summed E-state index contributed by atoms with van der Waals surface area (Å²) in [5, 5.41) is 24.3. The summed E-state index contributed by atoms with van der Waals surface area (Å²) in [4.78, 5) is 167. The number of hydrogen-bond acceptors (Lipinski definition) is 16. The molecule has 26 heteroatoms. The number of aliphatic hydroxyl groups is 1. The number of likely N-dealkylation sites (tertiary alicyclic amines) is 1. The average Bonchev–Trinajstić information content (AvgIpc) is 1.36. The number of nitrogens with one attached hydrogen (secondary N) is 5. The number of ether oxygens (including phenoxy) is 3. The van der Waals surface area contributed by atoms with Crippen LogP contribution in [0.25, 0.3) is 0 Å². The van der Waals surface area contributed by atoms with Crippen LogP contribution >= 0.6 is 0 Å². The fourth-order valence-corrected chi connectivity index (χ4v) is 12.3.